The van der Waals surface area contributed by atoms with E-state index in [0.29, 0.717) is 50.0 Å². The topological polar surface area (TPSA) is 79.0 Å². The van der Waals surface area contributed by atoms with Crippen LogP contribution in [0.4, 0.5) is 0 Å². The van der Waals surface area contributed by atoms with E-state index in [1.54, 1.807) is 11.0 Å². The minimum Gasteiger partial charge on any atom is -0.384 e. The number of aliphatic hydroxyl groups is 1. The van der Waals surface area contributed by atoms with E-state index in [0.717, 1.165) is 13.1 Å². The Hall–Kier alpha value is -1.15. The number of carbonyl (C=O) groups is 1. The number of ether oxygens (including phenoxy) is 1. The van der Waals surface area contributed by atoms with Gasteiger partial charge in [0.2, 0.25) is 5.91 Å². The molecule has 134 valence electrons. The van der Waals surface area contributed by atoms with Gasteiger partial charge in [0.15, 0.2) is 5.15 Å². The van der Waals surface area contributed by atoms with Gasteiger partial charge < -0.3 is 24.2 Å². The first-order valence-corrected chi connectivity index (χ1v) is 8.83. The Kier molecular flexibility index (Phi) is 5.76. The SMILES string of the molecule is O=C(CCc1cc(Cl)no1)N1CCOC[C@@](O)(CN2CCCC2)C1. The second-order valence-electron chi connectivity index (χ2n) is 6.69. The third kappa shape index (κ3) is 4.69. The van der Waals surface area contributed by atoms with Gasteiger partial charge in [-0.25, -0.2) is 0 Å². The first kappa shape index (κ1) is 17.7. The van der Waals surface area contributed by atoms with E-state index in [9.17, 15) is 9.90 Å². The molecule has 2 fully saturated rings. The molecular weight excluding hydrogens is 334 g/mol. The molecule has 0 radical (unpaired) electrons. The Labute approximate surface area is 146 Å². The summed E-state index contributed by atoms with van der Waals surface area (Å²) in [6.45, 7) is 4.07. The zero-order chi connectivity index (χ0) is 17.0. The lowest BCUT2D eigenvalue weighted by molar-refractivity contribution is -0.134. The molecule has 7 nitrogen and oxygen atoms in total. The van der Waals surface area contributed by atoms with Crippen LogP contribution in [-0.2, 0) is 16.0 Å². The second-order valence-corrected chi connectivity index (χ2v) is 7.08. The fourth-order valence-electron chi connectivity index (χ4n) is 3.38. The maximum absolute atomic E-state index is 12.5. The Morgan fingerprint density at radius 2 is 2.17 bits per heavy atom. The number of aromatic nitrogens is 1. The minimum atomic E-state index is -1.01. The number of likely N-dealkylation sites (tertiary alicyclic amines) is 1. The highest BCUT2D eigenvalue weighted by atomic mass is 35.5. The highest BCUT2D eigenvalue weighted by Gasteiger charge is 2.36. The number of nitrogens with zero attached hydrogens (tertiary/aromatic N) is 3. The number of hydrogen-bond acceptors (Lipinski definition) is 6. The van der Waals surface area contributed by atoms with Crippen molar-refractivity contribution in [3.05, 3.63) is 17.0 Å². The molecule has 8 heteroatoms. The van der Waals surface area contributed by atoms with E-state index in [-0.39, 0.29) is 12.5 Å². The van der Waals surface area contributed by atoms with Crippen LogP contribution in [0, 0.1) is 0 Å². The summed E-state index contributed by atoms with van der Waals surface area (Å²) >= 11 is 5.71. The highest BCUT2D eigenvalue weighted by molar-refractivity contribution is 6.29. The summed E-state index contributed by atoms with van der Waals surface area (Å²) < 4.78 is 10.6. The summed E-state index contributed by atoms with van der Waals surface area (Å²) in [5, 5.41) is 14.8. The lowest BCUT2D eigenvalue weighted by atomic mass is 10.0. The van der Waals surface area contributed by atoms with E-state index >= 15 is 0 Å². The van der Waals surface area contributed by atoms with Crippen LogP contribution in [0.15, 0.2) is 10.6 Å². The van der Waals surface area contributed by atoms with Gasteiger partial charge in [0.05, 0.1) is 19.8 Å². The third-order valence-electron chi connectivity index (χ3n) is 4.55. The summed E-state index contributed by atoms with van der Waals surface area (Å²) in [4.78, 5) is 16.4. The molecule has 2 aliphatic heterocycles. The number of carbonyl (C=O) groups excluding carboxylic acids is 1. The number of β-amino-alcohol motifs (C(OH)–C–C–N with tert-alkyl or cyclic N) is 1. The fraction of sp³-hybridized carbons (Fsp3) is 0.750. The van der Waals surface area contributed by atoms with Crippen molar-refractivity contribution in [1.29, 1.82) is 0 Å². The summed E-state index contributed by atoms with van der Waals surface area (Å²) in [6, 6.07) is 1.62. The van der Waals surface area contributed by atoms with Crippen molar-refractivity contribution in [3.8, 4) is 0 Å². The van der Waals surface area contributed by atoms with Crippen molar-refractivity contribution in [3.63, 3.8) is 0 Å². The van der Waals surface area contributed by atoms with Gasteiger partial charge in [-0.3, -0.25) is 4.79 Å². The lowest BCUT2D eigenvalue weighted by Crippen LogP contribution is -2.53. The molecular formula is C16H24ClN3O4. The van der Waals surface area contributed by atoms with Crippen molar-refractivity contribution in [2.45, 2.75) is 31.3 Å². The Morgan fingerprint density at radius 3 is 2.88 bits per heavy atom. The molecule has 0 bridgehead atoms. The Bertz CT molecular complexity index is 561. The zero-order valence-corrected chi connectivity index (χ0v) is 14.5. The fourth-order valence-corrected chi connectivity index (χ4v) is 3.53. The van der Waals surface area contributed by atoms with Gasteiger partial charge in [0, 0.05) is 32.0 Å². The molecule has 1 amide bonds. The van der Waals surface area contributed by atoms with Crippen molar-refractivity contribution in [2.75, 3.05) is 45.9 Å². The van der Waals surface area contributed by atoms with Gasteiger partial charge in [-0.1, -0.05) is 16.8 Å². The molecule has 2 aliphatic rings. The monoisotopic (exact) mass is 357 g/mol. The number of aryl methyl sites for hydroxylation is 1. The summed E-state index contributed by atoms with van der Waals surface area (Å²) in [7, 11) is 0. The Balaban J connectivity index is 1.55. The number of halogens is 1. The highest BCUT2D eigenvalue weighted by Crippen LogP contribution is 2.19. The molecule has 1 aromatic rings. The summed E-state index contributed by atoms with van der Waals surface area (Å²) in [5.41, 5.74) is -1.01. The van der Waals surface area contributed by atoms with E-state index in [2.05, 4.69) is 10.1 Å². The van der Waals surface area contributed by atoms with E-state index in [1.165, 1.54) is 12.8 Å². The second kappa shape index (κ2) is 7.82. The van der Waals surface area contributed by atoms with Crippen molar-refractivity contribution >= 4 is 17.5 Å². The average molecular weight is 358 g/mol. The third-order valence-corrected chi connectivity index (χ3v) is 4.72. The number of hydrogen-bond donors (Lipinski definition) is 1. The molecule has 0 unspecified atom stereocenters. The Morgan fingerprint density at radius 1 is 1.38 bits per heavy atom. The largest absolute Gasteiger partial charge is 0.384 e. The quantitative estimate of drug-likeness (QED) is 0.845. The molecule has 1 N–H and O–H groups in total. The van der Waals surface area contributed by atoms with Gasteiger partial charge in [-0.15, -0.1) is 0 Å². The first-order valence-electron chi connectivity index (χ1n) is 8.45. The van der Waals surface area contributed by atoms with E-state index < -0.39 is 5.60 Å². The van der Waals surface area contributed by atoms with Crippen LogP contribution >= 0.6 is 11.6 Å². The van der Waals surface area contributed by atoms with E-state index in [1.807, 2.05) is 0 Å². The van der Waals surface area contributed by atoms with Crippen LogP contribution in [0.25, 0.3) is 0 Å². The molecule has 24 heavy (non-hydrogen) atoms. The molecule has 0 aliphatic carbocycles. The molecule has 0 aromatic carbocycles. The zero-order valence-electron chi connectivity index (χ0n) is 13.7. The van der Waals surface area contributed by atoms with Crippen LogP contribution in [0.1, 0.15) is 25.0 Å². The van der Waals surface area contributed by atoms with Crippen molar-refractivity contribution in [1.82, 2.24) is 15.0 Å². The van der Waals surface area contributed by atoms with E-state index in [4.69, 9.17) is 20.9 Å². The molecule has 2 saturated heterocycles. The predicted molar refractivity (Wildman–Crippen MR) is 87.9 cm³/mol. The maximum atomic E-state index is 12.5. The molecule has 0 spiro atoms. The summed E-state index contributed by atoms with van der Waals surface area (Å²) in [6.07, 6.45) is 3.07. The number of amides is 1. The summed E-state index contributed by atoms with van der Waals surface area (Å²) in [5.74, 6) is 0.569. The molecule has 0 saturated carbocycles. The van der Waals surface area contributed by atoms with Gasteiger partial charge in [0.25, 0.3) is 0 Å². The van der Waals surface area contributed by atoms with Crippen LogP contribution in [0.3, 0.4) is 0 Å². The van der Waals surface area contributed by atoms with Gasteiger partial charge in [-0.05, 0) is 25.9 Å². The van der Waals surface area contributed by atoms with Gasteiger partial charge in [-0.2, -0.15) is 0 Å². The van der Waals surface area contributed by atoms with Crippen LogP contribution in [-0.4, -0.2) is 77.5 Å². The van der Waals surface area contributed by atoms with Gasteiger partial charge >= 0.3 is 0 Å². The normalized spacial score (nSPS) is 25.8. The molecule has 1 atom stereocenters. The number of rotatable bonds is 5. The lowest BCUT2D eigenvalue weighted by Gasteiger charge is -2.34. The first-order chi connectivity index (χ1) is 11.5. The average Bonchev–Trinajstić information content (AvgIpc) is 3.15. The van der Waals surface area contributed by atoms with Crippen molar-refractivity contribution < 1.29 is 19.2 Å². The van der Waals surface area contributed by atoms with Crippen molar-refractivity contribution in [2.24, 2.45) is 0 Å². The van der Waals surface area contributed by atoms with Crippen LogP contribution in [0.5, 0.6) is 0 Å². The molecule has 3 heterocycles. The molecule has 3 rings (SSSR count). The maximum Gasteiger partial charge on any atom is 0.223 e. The van der Waals surface area contributed by atoms with Crippen LogP contribution in [0.2, 0.25) is 5.15 Å². The van der Waals surface area contributed by atoms with Crippen LogP contribution < -0.4 is 0 Å². The molecule has 1 aromatic heterocycles. The smallest absolute Gasteiger partial charge is 0.223 e. The predicted octanol–water partition coefficient (Wildman–Crippen LogP) is 0.946. The standard InChI is InChI=1S/C16H24ClN3O4/c17-14-9-13(24-18-14)3-4-15(21)20-7-8-23-12-16(22,11-20)10-19-5-1-2-6-19/h9,22H,1-8,10-12H2/t16-/m1/s1. The minimum absolute atomic E-state index is 0.0205. The van der Waals surface area contributed by atoms with Gasteiger partial charge in [0.1, 0.15) is 11.4 Å².